The molecule has 4 amide bonds. The molecule has 0 atom stereocenters. The van der Waals surface area contributed by atoms with Gasteiger partial charge in [0.05, 0.1) is 6.54 Å². The Balaban J connectivity index is 1.45. The highest BCUT2D eigenvalue weighted by molar-refractivity contribution is 6.08. The predicted molar refractivity (Wildman–Crippen MR) is 103 cm³/mol. The van der Waals surface area contributed by atoms with Crippen LogP contribution in [-0.2, 0) is 9.59 Å². The lowest BCUT2D eigenvalue weighted by Crippen LogP contribution is -2.52. The number of benzene rings is 1. The molecular weight excluding hydrogens is 379 g/mol. The third kappa shape index (κ3) is 5.03. The summed E-state index contributed by atoms with van der Waals surface area (Å²) in [5.74, 6) is -0.302. The van der Waals surface area contributed by atoms with Crippen molar-refractivity contribution in [3.8, 4) is 5.75 Å². The second-order valence-electron chi connectivity index (χ2n) is 7.91. The Kier molecular flexibility index (Phi) is 6.36. The SMILES string of the molecule is CC1CCC2(CC1)NC(=O)N(NC(=O)CN(C)CCOc1cccc(F)c1)C2=O. The van der Waals surface area contributed by atoms with Crippen molar-refractivity contribution in [1.82, 2.24) is 20.7 Å². The molecule has 1 aliphatic carbocycles. The molecule has 8 nitrogen and oxygen atoms in total. The first kappa shape index (κ1) is 21.0. The zero-order valence-corrected chi connectivity index (χ0v) is 16.7. The molecule has 1 spiro atoms. The van der Waals surface area contributed by atoms with Gasteiger partial charge in [0.25, 0.3) is 11.8 Å². The van der Waals surface area contributed by atoms with Gasteiger partial charge in [0.1, 0.15) is 23.7 Å². The van der Waals surface area contributed by atoms with Crippen LogP contribution in [0.2, 0.25) is 0 Å². The number of carbonyl (C=O) groups is 3. The molecule has 29 heavy (non-hydrogen) atoms. The fraction of sp³-hybridized carbons (Fsp3) is 0.550. The first-order valence-corrected chi connectivity index (χ1v) is 9.82. The number of hydrogen-bond donors (Lipinski definition) is 2. The minimum atomic E-state index is -0.887. The van der Waals surface area contributed by atoms with Crippen LogP contribution in [0, 0.1) is 11.7 Å². The van der Waals surface area contributed by atoms with E-state index in [9.17, 15) is 18.8 Å². The Bertz CT molecular complexity index is 779. The molecule has 2 fully saturated rings. The molecule has 0 aromatic heterocycles. The summed E-state index contributed by atoms with van der Waals surface area (Å²) in [4.78, 5) is 38.9. The predicted octanol–water partition coefficient (Wildman–Crippen LogP) is 1.67. The maximum atomic E-state index is 13.1. The first-order valence-electron chi connectivity index (χ1n) is 9.82. The van der Waals surface area contributed by atoms with Crippen LogP contribution in [0.4, 0.5) is 9.18 Å². The molecule has 1 saturated heterocycles. The molecule has 1 aromatic rings. The van der Waals surface area contributed by atoms with E-state index in [1.807, 2.05) is 0 Å². The maximum Gasteiger partial charge on any atom is 0.344 e. The molecule has 0 bridgehead atoms. The lowest BCUT2D eigenvalue weighted by Gasteiger charge is -2.33. The normalized spacial score (nSPS) is 24.1. The average Bonchev–Trinajstić information content (AvgIpc) is 2.88. The highest BCUT2D eigenvalue weighted by Gasteiger charge is 2.52. The van der Waals surface area contributed by atoms with Crippen molar-refractivity contribution in [3.05, 3.63) is 30.1 Å². The summed E-state index contributed by atoms with van der Waals surface area (Å²) in [6.45, 7) is 2.78. The van der Waals surface area contributed by atoms with E-state index >= 15 is 0 Å². The van der Waals surface area contributed by atoms with E-state index in [1.54, 1.807) is 24.1 Å². The summed E-state index contributed by atoms with van der Waals surface area (Å²) in [7, 11) is 1.71. The quantitative estimate of drug-likeness (QED) is 0.672. The number of halogens is 1. The number of carbonyl (C=O) groups excluding carboxylic acids is 3. The van der Waals surface area contributed by atoms with Crippen LogP contribution in [0.5, 0.6) is 5.75 Å². The third-order valence-electron chi connectivity index (χ3n) is 5.48. The Labute approximate surface area is 169 Å². The molecule has 1 aromatic carbocycles. The van der Waals surface area contributed by atoms with Gasteiger partial charge in [-0.25, -0.2) is 9.18 Å². The van der Waals surface area contributed by atoms with Crippen molar-refractivity contribution in [2.24, 2.45) is 5.92 Å². The molecule has 0 radical (unpaired) electrons. The molecule has 3 rings (SSSR count). The molecule has 9 heteroatoms. The topological polar surface area (TPSA) is 91.0 Å². The molecule has 2 N–H and O–H groups in total. The number of imide groups is 1. The number of likely N-dealkylation sites (N-methyl/N-ethyl adjacent to an activating group) is 1. The monoisotopic (exact) mass is 406 g/mol. The Hall–Kier alpha value is -2.68. The van der Waals surface area contributed by atoms with Crippen LogP contribution < -0.4 is 15.5 Å². The van der Waals surface area contributed by atoms with Crippen LogP contribution >= 0.6 is 0 Å². The summed E-state index contributed by atoms with van der Waals surface area (Å²) in [6.07, 6.45) is 2.90. The van der Waals surface area contributed by atoms with Gasteiger partial charge in [0, 0.05) is 12.6 Å². The number of amides is 4. The number of urea groups is 1. The molecule has 1 saturated carbocycles. The van der Waals surface area contributed by atoms with Crippen molar-refractivity contribution >= 4 is 17.8 Å². The summed E-state index contributed by atoms with van der Waals surface area (Å²) in [5, 5.41) is 3.56. The molecule has 0 unspecified atom stereocenters. The number of hydrogen-bond acceptors (Lipinski definition) is 5. The van der Waals surface area contributed by atoms with Gasteiger partial charge in [-0.05, 0) is 50.8 Å². The van der Waals surface area contributed by atoms with Gasteiger partial charge in [-0.3, -0.25) is 19.9 Å². The van der Waals surface area contributed by atoms with Crippen LogP contribution in [0.3, 0.4) is 0 Å². The third-order valence-corrected chi connectivity index (χ3v) is 5.48. The Morgan fingerprint density at radius 1 is 1.38 bits per heavy atom. The van der Waals surface area contributed by atoms with Gasteiger partial charge in [-0.1, -0.05) is 13.0 Å². The molecule has 1 heterocycles. The minimum absolute atomic E-state index is 0.0202. The second-order valence-corrected chi connectivity index (χ2v) is 7.91. The summed E-state index contributed by atoms with van der Waals surface area (Å²) in [6, 6.07) is 5.23. The van der Waals surface area contributed by atoms with Gasteiger partial charge in [-0.2, -0.15) is 5.01 Å². The van der Waals surface area contributed by atoms with Crippen molar-refractivity contribution in [2.45, 2.75) is 38.1 Å². The molecule has 158 valence electrons. The Morgan fingerprint density at radius 2 is 2.10 bits per heavy atom. The van der Waals surface area contributed by atoms with Crippen LogP contribution in [0.25, 0.3) is 0 Å². The van der Waals surface area contributed by atoms with Gasteiger partial charge < -0.3 is 10.1 Å². The van der Waals surface area contributed by atoms with Crippen molar-refractivity contribution in [3.63, 3.8) is 0 Å². The van der Waals surface area contributed by atoms with Gasteiger partial charge in [0.2, 0.25) is 0 Å². The van der Waals surface area contributed by atoms with Crippen molar-refractivity contribution < 1.29 is 23.5 Å². The first-order chi connectivity index (χ1) is 13.8. The number of nitrogens with one attached hydrogen (secondary N) is 2. The zero-order valence-electron chi connectivity index (χ0n) is 16.7. The highest BCUT2D eigenvalue weighted by atomic mass is 19.1. The smallest absolute Gasteiger partial charge is 0.344 e. The second kappa shape index (κ2) is 8.77. The van der Waals surface area contributed by atoms with E-state index in [0.29, 0.717) is 31.1 Å². The summed E-state index contributed by atoms with van der Waals surface area (Å²) < 4.78 is 18.6. The number of rotatable bonds is 7. The van der Waals surface area contributed by atoms with Gasteiger partial charge in [0.15, 0.2) is 0 Å². The number of ether oxygens (including phenoxy) is 1. The standard InChI is InChI=1S/C20H27FN4O4/c1-14-6-8-20(9-7-14)18(27)25(19(28)22-20)23-17(26)13-24(2)10-11-29-16-5-3-4-15(21)12-16/h3-5,12,14H,6-11,13H2,1-2H3,(H,22,28)(H,23,26). The van der Waals surface area contributed by atoms with Crippen LogP contribution in [0.15, 0.2) is 24.3 Å². The van der Waals surface area contributed by atoms with Gasteiger partial charge in [-0.15, -0.1) is 0 Å². The minimum Gasteiger partial charge on any atom is -0.492 e. The van der Waals surface area contributed by atoms with E-state index in [1.165, 1.54) is 12.1 Å². The molecule has 1 aliphatic heterocycles. The fourth-order valence-corrected chi connectivity index (χ4v) is 3.68. The van der Waals surface area contributed by atoms with Crippen LogP contribution in [0.1, 0.15) is 32.6 Å². The fourth-order valence-electron chi connectivity index (χ4n) is 3.68. The summed E-state index contributed by atoms with van der Waals surface area (Å²) >= 11 is 0. The zero-order chi connectivity index (χ0) is 21.0. The van der Waals surface area contributed by atoms with E-state index < -0.39 is 17.5 Å². The lowest BCUT2D eigenvalue weighted by atomic mass is 9.77. The molecule has 2 aliphatic rings. The Morgan fingerprint density at radius 3 is 2.79 bits per heavy atom. The number of hydrazine groups is 1. The molecular formula is C20H27FN4O4. The number of nitrogens with zero attached hydrogens (tertiary/aromatic N) is 2. The van der Waals surface area contributed by atoms with E-state index in [-0.39, 0.29) is 24.9 Å². The average molecular weight is 406 g/mol. The van der Waals surface area contributed by atoms with E-state index in [2.05, 4.69) is 17.7 Å². The van der Waals surface area contributed by atoms with E-state index in [0.717, 1.165) is 17.9 Å². The van der Waals surface area contributed by atoms with E-state index in [4.69, 9.17) is 4.74 Å². The van der Waals surface area contributed by atoms with Crippen molar-refractivity contribution in [2.75, 3.05) is 26.7 Å². The highest BCUT2D eigenvalue weighted by Crippen LogP contribution is 2.35. The maximum absolute atomic E-state index is 13.1. The van der Waals surface area contributed by atoms with Crippen molar-refractivity contribution in [1.29, 1.82) is 0 Å². The largest absolute Gasteiger partial charge is 0.492 e. The van der Waals surface area contributed by atoms with Crippen LogP contribution in [-0.4, -0.2) is 60.0 Å². The lowest BCUT2D eigenvalue weighted by molar-refractivity contribution is -0.140. The van der Waals surface area contributed by atoms with Gasteiger partial charge >= 0.3 is 6.03 Å². The summed E-state index contributed by atoms with van der Waals surface area (Å²) in [5.41, 5.74) is 1.52.